The largest absolute Gasteiger partial charge is 0.352 e. The summed E-state index contributed by atoms with van der Waals surface area (Å²) in [5.41, 5.74) is 5.73. The Labute approximate surface area is 80.1 Å². The Morgan fingerprint density at radius 1 is 1.38 bits per heavy atom. The monoisotopic (exact) mass is 184 g/mol. The Morgan fingerprint density at radius 2 is 1.92 bits per heavy atom. The fourth-order valence-electron chi connectivity index (χ4n) is 1.67. The van der Waals surface area contributed by atoms with E-state index >= 15 is 0 Å². The second kappa shape index (κ2) is 4.61. The fourth-order valence-corrected chi connectivity index (χ4v) is 1.67. The lowest BCUT2D eigenvalue weighted by Crippen LogP contribution is -2.47. The van der Waals surface area contributed by atoms with E-state index in [2.05, 4.69) is 5.32 Å². The summed E-state index contributed by atoms with van der Waals surface area (Å²) in [6, 6.07) is 0.0397. The molecule has 0 spiro atoms. The van der Waals surface area contributed by atoms with Gasteiger partial charge in [-0.05, 0) is 18.8 Å². The standard InChI is InChI=1S/C10H20N2O/c1-7(2)9(11)10(13)12-8-5-3-4-6-8/h7-9H,3-6,11H2,1-2H3,(H,12,13)/t9-/m0/s1. The lowest BCUT2D eigenvalue weighted by atomic mass is 10.0. The molecule has 1 amide bonds. The van der Waals surface area contributed by atoms with Crippen molar-refractivity contribution in [2.45, 2.75) is 51.6 Å². The SMILES string of the molecule is CC(C)[C@H](N)C(=O)NC1CCCC1. The lowest BCUT2D eigenvalue weighted by molar-refractivity contribution is -0.123. The molecule has 0 bridgehead atoms. The fraction of sp³-hybridized carbons (Fsp3) is 0.900. The molecule has 1 atom stereocenters. The summed E-state index contributed by atoms with van der Waals surface area (Å²) in [5, 5.41) is 3.00. The summed E-state index contributed by atoms with van der Waals surface area (Å²) in [6.45, 7) is 3.94. The van der Waals surface area contributed by atoms with Gasteiger partial charge < -0.3 is 11.1 Å². The molecular weight excluding hydrogens is 164 g/mol. The molecule has 3 nitrogen and oxygen atoms in total. The maximum atomic E-state index is 11.5. The van der Waals surface area contributed by atoms with Crippen LogP contribution >= 0.6 is 0 Å². The molecule has 0 unspecified atom stereocenters. The van der Waals surface area contributed by atoms with Gasteiger partial charge >= 0.3 is 0 Å². The Bertz CT molecular complexity index is 174. The molecule has 0 radical (unpaired) electrons. The smallest absolute Gasteiger partial charge is 0.237 e. The zero-order chi connectivity index (χ0) is 9.84. The van der Waals surface area contributed by atoms with Crippen molar-refractivity contribution in [1.29, 1.82) is 0 Å². The van der Waals surface area contributed by atoms with E-state index in [-0.39, 0.29) is 17.9 Å². The van der Waals surface area contributed by atoms with Crippen LogP contribution in [0.2, 0.25) is 0 Å². The van der Waals surface area contributed by atoms with Gasteiger partial charge in [-0.2, -0.15) is 0 Å². The molecule has 13 heavy (non-hydrogen) atoms. The van der Waals surface area contributed by atoms with Crippen LogP contribution in [0.15, 0.2) is 0 Å². The number of carbonyl (C=O) groups excluding carboxylic acids is 1. The summed E-state index contributed by atoms with van der Waals surface area (Å²) < 4.78 is 0. The van der Waals surface area contributed by atoms with Crippen LogP contribution in [-0.4, -0.2) is 18.0 Å². The van der Waals surface area contributed by atoms with Gasteiger partial charge in [-0.3, -0.25) is 4.79 Å². The molecule has 0 aromatic heterocycles. The predicted molar refractivity (Wildman–Crippen MR) is 53.2 cm³/mol. The van der Waals surface area contributed by atoms with E-state index in [1.54, 1.807) is 0 Å². The van der Waals surface area contributed by atoms with Crippen molar-refractivity contribution in [3.8, 4) is 0 Å². The van der Waals surface area contributed by atoms with Crippen molar-refractivity contribution in [3.63, 3.8) is 0 Å². The predicted octanol–water partition coefficient (Wildman–Crippen LogP) is 1.03. The van der Waals surface area contributed by atoms with Gasteiger partial charge in [0.25, 0.3) is 0 Å². The van der Waals surface area contributed by atoms with Crippen LogP contribution < -0.4 is 11.1 Å². The number of hydrogen-bond donors (Lipinski definition) is 2. The number of nitrogens with two attached hydrogens (primary N) is 1. The zero-order valence-electron chi connectivity index (χ0n) is 8.55. The van der Waals surface area contributed by atoms with Gasteiger partial charge in [-0.25, -0.2) is 0 Å². The molecule has 1 saturated carbocycles. The van der Waals surface area contributed by atoms with Crippen LogP contribution in [0.3, 0.4) is 0 Å². The van der Waals surface area contributed by atoms with Crippen LogP contribution in [0.25, 0.3) is 0 Å². The van der Waals surface area contributed by atoms with Crippen molar-refractivity contribution in [1.82, 2.24) is 5.32 Å². The van der Waals surface area contributed by atoms with Crippen LogP contribution in [-0.2, 0) is 4.79 Å². The minimum absolute atomic E-state index is 0.0156. The number of hydrogen-bond acceptors (Lipinski definition) is 2. The van der Waals surface area contributed by atoms with Gasteiger partial charge in [-0.15, -0.1) is 0 Å². The number of carbonyl (C=O) groups is 1. The first-order chi connectivity index (χ1) is 6.11. The van der Waals surface area contributed by atoms with Crippen molar-refractivity contribution >= 4 is 5.91 Å². The minimum Gasteiger partial charge on any atom is -0.352 e. The van der Waals surface area contributed by atoms with Crippen molar-refractivity contribution in [2.75, 3.05) is 0 Å². The minimum atomic E-state index is -0.347. The van der Waals surface area contributed by atoms with Gasteiger partial charge in [0.2, 0.25) is 5.91 Å². The maximum absolute atomic E-state index is 11.5. The van der Waals surface area contributed by atoms with Crippen molar-refractivity contribution in [2.24, 2.45) is 11.7 Å². The highest BCUT2D eigenvalue weighted by atomic mass is 16.2. The molecule has 0 saturated heterocycles. The van der Waals surface area contributed by atoms with E-state index in [0.717, 1.165) is 12.8 Å². The summed E-state index contributed by atoms with van der Waals surface area (Å²) in [7, 11) is 0. The number of amides is 1. The lowest BCUT2D eigenvalue weighted by Gasteiger charge is -2.18. The molecule has 0 aliphatic heterocycles. The van der Waals surface area contributed by atoms with Crippen LogP contribution in [0.1, 0.15) is 39.5 Å². The topological polar surface area (TPSA) is 55.1 Å². The highest BCUT2D eigenvalue weighted by Gasteiger charge is 2.22. The molecule has 0 heterocycles. The maximum Gasteiger partial charge on any atom is 0.237 e. The average molecular weight is 184 g/mol. The van der Waals surface area contributed by atoms with Crippen LogP contribution in [0, 0.1) is 5.92 Å². The van der Waals surface area contributed by atoms with E-state index in [4.69, 9.17) is 5.73 Å². The summed E-state index contributed by atoms with van der Waals surface area (Å²) in [5.74, 6) is 0.239. The van der Waals surface area contributed by atoms with Crippen molar-refractivity contribution in [3.05, 3.63) is 0 Å². The molecule has 76 valence electrons. The molecule has 3 N–H and O–H groups in total. The zero-order valence-corrected chi connectivity index (χ0v) is 8.55. The van der Waals surface area contributed by atoms with Gasteiger partial charge in [0.15, 0.2) is 0 Å². The number of rotatable bonds is 3. The highest BCUT2D eigenvalue weighted by molar-refractivity contribution is 5.82. The highest BCUT2D eigenvalue weighted by Crippen LogP contribution is 2.17. The first-order valence-corrected chi connectivity index (χ1v) is 5.17. The molecule has 0 aromatic rings. The van der Waals surface area contributed by atoms with E-state index in [1.165, 1.54) is 12.8 Å². The third-order valence-electron chi connectivity index (χ3n) is 2.72. The third kappa shape index (κ3) is 2.99. The van der Waals surface area contributed by atoms with Crippen LogP contribution in [0.5, 0.6) is 0 Å². The van der Waals surface area contributed by atoms with E-state index in [1.807, 2.05) is 13.8 Å². The Hall–Kier alpha value is -0.570. The Morgan fingerprint density at radius 3 is 2.38 bits per heavy atom. The summed E-state index contributed by atoms with van der Waals surface area (Å²) in [6.07, 6.45) is 4.72. The normalized spacial score (nSPS) is 20.6. The number of nitrogens with one attached hydrogen (secondary N) is 1. The summed E-state index contributed by atoms with van der Waals surface area (Å²) >= 11 is 0. The van der Waals surface area contributed by atoms with Gasteiger partial charge in [0, 0.05) is 6.04 Å². The third-order valence-corrected chi connectivity index (χ3v) is 2.72. The molecule has 1 aliphatic rings. The second-order valence-electron chi connectivity index (χ2n) is 4.26. The molecule has 3 heteroatoms. The molecule has 1 rings (SSSR count). The molecule has 1 aliphatic carbocycles. The van der Waals surface area contributed by atoms with Gasteiger partial charge in [-0.1, -0.05) is 26.7 Å². The average Bonchev–Trinajstić information content (AvgIpc) is 2.55. The first-order valence-electron chi connectivity index (χ1n) is 5.17. The summed E-state index contributed by atoms with van der Waals surface area (Å²) in [4.78, 5) is 11.5. The Balaban J connectivity index is 2.31. The van der Waals surface area contributed by atoms with Gasteiger partial charge in [0.1, 0.15) is 0 Å². The van der Waals surface area contributed by atoms with Crippen LogP contribution in [0.4, 0.5) is 0 Å². The van der Waals surface area contributed by atoms with Crippen molar-refractivity contribution < 1.29 is 4.79 Å². The van der Waals surface area contributed by atoms with E-state index in [0.29, 0.717) is 6.04 Å². The Kier molecular flexibility index (Phi) is 3.72. The quantitative estimate of drug-likeness (QED) is 0.688. The van der Waals surface area contributed by atoms with E-state index in [9.17, 15) is 4.79 Å². The van der Waals surface area contributed by atoms with E-state index < -0.39 is 0 Å². The first kappa shape index (κ1) is 10.5. The second-order valence-corrected chi connectivity index (χ2v) is 4.26. The molecular formula is C10H20N2O. The molecule has 0 aromatic carbocycles. The molecule has 1 fully saturated rings. The van der Waals surface area contributed by atoms with Gasteiger partial charge in [0.05, 0.1) is 6.04 Å².